The number of hydrogen-bond acceptors (Lipinski definition) is 6. The van der Waals surface area contributed by atoms with Crippen LogP contribution in [0.3, 0.4) is 0 Å². The van der Waals surface area contributed by atoms with Crippen molar-refractivity contribution in [1.29, 1.82) is 0 Å². The minimum Gasteiger partial charge on any atom is -0.376 e. The molecule has 7 nitrogen and oxygen atoms in total. The Kier molecular flexibility index (Phi) is 5.88. The van der Waals surface area contributed by atoms with Gasteiger partial charge in [0.25, 0.3) is 0 Å². The molecule has 3 aliphatic rings. The molecule has 1 aromatic carbocycles. The normalized spacial score (nSPS) is 28.4. The lowest BCUT2D eigenvalue weighted by Gasteiger charge is -2.45. The molecule has 36 heavy (non-hydrogen) atoms. The van der Waals surface area contributed by atoms with E-state index in [9.17, 15) is 9.18 Å². The van der Waals surface area contributed by atoms with Crippen molar-refractivity contribution >= 4 is 28.2 Å². The largest absolute Gasteiger partial charge is 0.376 e. The highest BCUT2D eigenvalue weighted by Gasteiger charge is 2.46. The van der Waals surface area contributed by atoms with E-state index in [2.05, 4.69) is 44.1 Å². The smallest absolute Gasteiger partial charge is 0.229 e. The van der Waals surface area contributed by atoms with Crippen LogP contribution in [-0.2, 0) is 9.53 Å². The summed E-state index contributed by atoms with van der Waals surface area (Å²) in [5, 5.41) is 5.09. The van der Waals surface area contributed by atoms with Gasteiger partial charge in [-0.2, -0.15) is 0 Å². The first-order valence-electron chi connectivity index (χ1n) is 12.8. The van der Waals surface area contributed by atoms with Crippen molar-refractivity contribution in [3.63, 3.8) is 0 Å². The number of fused-ring (bicyclic) bond motifs is 1. The first kappa shape index (κ1) is 23.3. The van der Waals surface area contributed by atoms with E-state index in [-0.39, 0.29) is 24.3 Å². The van der Waals surface area contributed by atoms with Crippen LogP contribution < -0.4 is 10.2 Å². The third kappa shape index (κ3) is 4.22. The molecule has 6 rings (SSSR count). The van der Waals surface area contributed by atoms with Gasteiger partial charge in [-0.3, -0.25) is 14.7 Å². The summed E-state index contributed by atoms with van der Waals surface area (Å²) in [5.74, 6) is 0.696. The molecule has 3 aromatic rings. The maximum atomic E-state index is 14.5. The molecule has 1 aliphatic carbocycles. The summed E-state index contributed by atoms with van der Waals surface area (Å²) in [5.41, 5.74) is 2.80. The van der Waals surface area contributed by atoms with Crippen LogP contribution in [0, 0.1) is 12.8 Å². The Labute approximate surface area is 210 Å². The minimum absolute atomic E-state index is 0.00323. The van der Waals surface area contributed by atoms with Crippen LogP contribution in [0.25, 0.3) is 10.8 Å². The highest BCUT2D eigenvalue weighted by atomic mass is 19.1. The van der Waals surface area contributed by atoms with Crippen molar-refractivity contribution in [2.45, 2.75) is 37.9 Å². The molecule has 0 radical (unpaired) electrons. The summed E-state index contributed by atoms with van der Waals surface area (Å²) < 4.78 is 19.9. The van der Waals surface area contributed by atoms with Crippen LogP contribution in [-0.4, -0.2) is 71.9 Å². The summed E-state index contributed by atoms with van der Waals surface area (Å²) in [4.78, 5) is 26.3. The standard InChI is InChI=1S/C28H32FN5O2/c1-18-11-20-15-31-26(32-27(35)22-14-21(22)23-5-3-4-6-30-23)13-19(20)12-24(18)33-7-9-34(10-8-33)28(2)17-36-16-25(28)29/h3-6,11-13,15,21-22,25H,7-10,14,16-17H2,1-2H3,(H,31,32,35)/t21-,22-,25-,28+/m0/s1. The van der Waals surface area contributed by atoms with Gasteiger partial charge in [0.05, 0.1) is 18.8 Å². The number of rotatable bonds is 5. The highest BCUT2D eigenvalue weighted by Crippen LogP contribution is 2.47. The SMILES string of the molecule is Cc1cc2cnc(NC(=O)[C@H]3C[C@@H]3c3ccccn3)cc2cc1N1CCN([C@]2(C)COC[C@@H]2F)CC1. The number of anilines is 2. The number of nitrogens with zero attached hydrogens (tertiary/aromatic N) is 4. The number of amides is 1. The number of alkyl halides is 1. The zero-order valence-electron chi connectivity index (χ0n) is 20.8. The fourth-order valence-electron chi connectivity index (χ4n) is 5.72. The number of carbonyl (C=O) groups excluding carboxylic acids is 1. The molecule has 0 spiro atoms. The summed E-state index contributed by atoms with van der Waals surface area (Å²) in [6.45, 7) is 8.00. The van der Waals surface area contributed by atoms with Gasteiger partial charge in [-0.05, 0) is 61.5 Å². The maximum Gasteiger partial charge on any atom is 0.229 e. The molecule has 2 aromatic heterocycles. The van der Waals surface area contributed by atoms with E-state index in [0.717, 1.165) is 49.1 Å². The Bertz CT molecular complexity index is 1280. The van der Waals surface area contributed by atoms with Crippen molar-refractivity contribution in [2.75, 3.05) is 49.6 Å². The number of pyridine rings is 2. The third-order valence-corrected chi connectivity index (χ3v) is 8.16. The maximum absolute atomic E-state index is 14.5. The van der Waals surface area contributed by atoms with Crippen LogP contribution in [0.2, 0.25) is 0 Å². The number of benzene rings is 1. The Morgan fingerprint density at radius 3 is 2.69 bits per heavy atom. The second kappa shape index (κ2) is 9.09. The van der Waals surface area contributed by atoms with E-state index < -0.39 is 11.7 Å². The van der Waals surface area contributed by atoms with Crippen molar-refractivity contribution in [2.24, 2.45) is 5.92 Å². The van der Waals surface area contributed by atoms with Crippen LogP contribution >= 0.6 is 0 Å². The molecular weight excluding hydrogens is 457 g/mol. The Morgan fingerprint density at radius 2 is 1.97 bits per heavy atom. The number of carbonyl (C=O) groups is 1. The topological polar surface area (TPSA) is 70.6 Å². The molecule has 1 N–H and O–H groups in total. The minimum atomic E-state index is -0.942. The van der Waals surface area contributed by atoms with E-state index in [4.69, 9.17) is 4.74 Å². The predicted molar refractivity (Wildman–Crippen MR) is 138 cm³/mol. The molecule has 8 heteroatoms. The van der Waals surface area contributed by atoms with Crippen molar-refractivity contribution in [3.8, 4) is 0 Å². The van der Waals surface area contributed by atoms with Crippen LogP contribution in [0.4, 0.5) is 15.9 Å². The molecule has 1 saturated carbocycles. The van der Waals surface area contributed by atoms with E-state index in [1.54, 1.807) is 6.20 Å². The number of halogens is 1. The number of nitrogens with one attached hydrogen (secondary N) is 1. The molecule has 188 valence electrons. The van der Waals surface area contributed by atoms with Gasteiger partial charge in [0.1, 0.15) is 12.0 Å². The predicted octanol–water partition coefficient (Wildman–Crippen LogP) is 3.93. The molecule has 0 unspecified atom stereocenters. The van der Waals surface area contributed by atoms with Crippen LogP contribution in [0.1, 0.15) is 30.5 Å². The van der Waals surface area contributed by atoms with Gasteiger partial charge in [-0.1, -0.05) is 6.07 Å². The number of aryl methyl sites for hydroxylation is 1. The zero-order chi connectivity index (χ0) is 24.9. The summed E-state index contributed by atoms with van der Waals surface area (Å²) in [7, 11) is 0. The average Bonchev–Trinajstić information content (AvgIpc) is 3.63. The number of piperazine rings is 1. The number of ether oxygens (including phenoxy) is 1. The van der Waals surface area contributed by atoms with Crippen molar-refractivity contribution < 1.29 is 13.9 Å². The monoisotopic (exact) mass is 489 g/mol. The first-order chi connectivity index (χ1) is 17.4. The van der Waals surface area contributed by atoms with E-state index in [1.165, 1.54) is 11.3 Å². The van der Waals surface area contributed by atoms with Crippen molar-refractivity contribution in [1.82, 2.24) is 14.9 Å². The van der Waals surface area contributed by atoms with Gasteiger partial charge in [0.15, 0.2) is 0 Å². The number of aromatic nitrogens is 2. The van der Waals surface area contributed by atoms with Gasteiger partial charge < -0.3 is 15.0 Å². The highest BCUT2D eigenvalue weighted by molar-refractivity contribution is 5.97. The Balaban J connectivity index is 1.15. The first-order valence-corrected chi connectivity index (χ1v) is 12.8. The molecular formula is C28H32FN5O2. The van der Waals surface area contributed by atoms with Gasteiger partial charge >= 0.3 is 0 Å². The quantitative estimate of drug-likeness (QED) is 0.586. The Hall–Kier alpha value is -3.10. The lowest BCUT2D eigenvalue weighted by molar-refractivity contribution is -0.117. The van der Waals surface area contributed by atoms with E-state index >= 15 is 0 Å². The molecule has 4 atom stereocenters. The second-order valence-corrected chi connectivity index (χ2v) is 10.6. The molecule has 4 heterocycles. The molecule has 2 saturated heterocycles. The lowest BCUT2D eigenvalue weighted by atomic mass is 9.96. The van der Waals surface area contributed by atoms with E-state index in [1.807, 2.05) is 37.4 Å². The zero-order valence-corrected chi connectivity index (χ0v) is 20.8. The van der Waals surface area contributed by atoms with Crippen LogP contribution in [0.5, 0.6) is 0 Å². The fourth-order valence-corrected chi connectivity index (χ4v) is 5.72. The Morgan fingerprint density at radius 1 is 1.14 bits per heavy atom. The molecule has 1 amide bonds. The van der Waals surface area contributed by atoms with Gasteiger partial charge in [-0.25, -0.2) is 9.37 Å². The number of hydrogen-bond donors (Lipinski definition) is 1. The van der Waals surface area contributed by atoms with Crippen molar-refractivity contribution in [3.05, 3.63) is 60.0 Å². The summed E-state index contributed by atoms with van der Waals surface area (Å²) in [6, 6.07) is 12.1. The molecule has 3 fully saturated rings. The summed E-state index contributed by atoms with van der Waals surface area (Å²) in [6.07, 6.45) is 3.47. The van der Waals surface area contributed by atoms with E-state index in [0.29, 0.717) is 12.4 Å². The lowest BCUT2D eigenvalue weighted by Crippen LogP contribution is -2.59. The van der Waals surface area contributed by atoms with Gasteiger partial charge in [0.2, 0.25) is 5.91 Å². The van der Waals surface area contributed by atoms with Crippen LogP contribution in [0.15, 0.2) is 48.8 Å². The molecule has 2 aliphatic heterocycles. The summed E-state index contributed by atoms with van der Waals surface area (Å²) >= 11 is 0. The van der Waals surface area contributed by atoms with Gasteiger partial charge in [-0.15, -0.1) is 0 Å². The van der Waals surface area contributed by atoms with Gasteiger partial charge in [0, 0.05) is 67.2 Å². The fraction of sp³-hybridized carbons (Fsp3) is 0.464. The second-order valence-electron chi connectivity index (χ2n) is 10.6. The average molecular weight is 490 g/mol. The third-order valence-electron chi connectivity index (χ3n) is 8.16. The molecule has 0 bridgehead atoms.